The first kappa shape index (κ1) is 17.3. The monoisotopic (exact) mass is 352 g/mol. The average molecular weight is 352 g/mol. The Morgan fingerprint density at radius 3 is 2.62 bits per heavy atom. The molecule has 2 aliphatic rings. The van der Waals surface area contributed by atoms with Gasteiger partial charge in [-0.1, -0.05) is 36.8 Å². The highest BCUT2D eigenvalue weighted by Crippen LogP contribution is 2.28. The van der Waals surface area contributed by atoms with E-state index in [4.69, 9.17) is 4.98 Å². The predicted molar refractivity (Wildman–Crippen MR) is 103 cm³/mol. The van der Waals surface area contributed by atoms with Gasteiger partial charge in [0.15, 0.2) is 0 Å². The minimum absolute atomic E-state index is 0.119. The SMILES string of the molecule is CN1CCCN(C(=O)c2nc(-c3ccccc3)n3c2CCCCC3)CC1. The van der Waals surface area contributed by atoms with E-state index in [0.717, 1.165) is 75.5 Å². The Hall–Kier alpha value is -2.14. The zero-order valence-electron chi connectivity index (χ0n) is 15.7. The topological polar surface area (TPSA) is 41.4 Å². The summed E-state index contributed by atoms with van der Waals surface area (Å²) in [6, 6.07) is 10.3. The lowest BCUT2D eigenvalue weighted by molar-refractivity contribution is 0.0756. The Kier molecular flexibility index (Phi) is 5.07. The van der Waals surface area contributed by atoms with Crippen LogP contribution in [0.5, 0.6) is 0 Å². The number of amides is 1. The lowest BCUT2D eigenvalue weighted by atomic mass is 10.1. The third-order valence-electron chi connectivity index (χ3n) is 5.61. The molecule has 26 heavy (non-hydrogen) atoms. The van der Waals surface area contributed by atoms with Crippen molar-refractivity contribution in [2.75, 3.05) is 33.2 Å². The van der Waals surface area contributed by atoms with Gasteiger partial charge in [-0.3, -0.25) is 4.79 Å². The number of imidazole rings is 1. The van der Waals surface area contributed by atoms with Crippen LogP contribution in [0.15, 0.2) is 30.3 Å². The number of hydrogen-bond acceptors (Lipinski definition) is 3. The summed E-state index contributed by atoms with van der Waals surface area (Å²) in [5, 5.41) is 0. The van der Waals surface area contributed by atoms with E-state index < -0.39 is 0 Å². The number of hydrogen-bond donors (Lipinski definition) is 0. The molecular weight excluding hydrogens is 324 g/mol. The second-order valence-corrected chi connectivity index (χ2v) is 7.51. The number of nitrogens with zero attached hydrogens (tertiary/aromatic N) is 4. The van der Waals surface area contributed by atoms with Crippen LogP contribution in [0.2, 0.25) is 0 Å². The molecule has 0 N–H and O–H groups in total. The summed E-state index contributed by atoms with van der Waals surface area (Å²) < 4.78 is 2.31. The molecule has 0 aliphatic carbocycles. The predicted octanol–water partition coefficient (Wildman–Crippen LogP) is 3.05. The van der Waals surface area contributed by atoms with Gasteiger partial charge in [-0.05, 0) is 39.3 Å². The van der Waals surface area contributed by atoms with Crippen molar-refractivity contribution in [3.63, 3.8) is 0 Å². The molecule has 5 nitrogen and oxygen atoms in total. The van der Waals surface area contributed by atoms with Crippen molar-refractivity contribution < 1.29 is 4.79 Å². The Balaban J connectivity index is 1.71. The van der Waals surface area contributed by atoms with E-state index in [0.29, 0.717) is 5.69 Å². The minimum atomic E-state index is 0.119. The lowest BCUT2D eigenvalue weighted by Gasteiger charge is -2.20. The fourth-order valence-corrected chi connectivity index (χ4v) is 4.10. The molecule has 0 saturated carbocycles. The van der Waals surface area contributed by atoms with Gasteiger partial charge in [0, 0.05) is 31.7 Å². The summed E-state index contributed by atoms with van der Waals surface area (Å²) in [7, 11) is 2.13. The number of carbonyl (C=O) groups is 1. The van der Waals surface area contributed by atoms with Crippen molar-refractivity contribution >= 4 is 5.91 Å². The highest BCUT2D eigenvalue weighted by atomic mass is 16.2. The molecule has 0 bridgehead atoms. The van der Waals surface area contributed by atoms with Gasteiger partial charge < -0.3 is 14.4 Å². The fourth-order valence-electron chi connectivity index (χ4n) is 4.10. The number of rotatable bonds is 2. The van der Waals surface area contributed by atoms with E-state index in [1.807, 2.05) is 23.1 Å². The van der Waals surface area contributed by atoms with E-state index >= 15 is 0 Å². The van der Waals surface area contributed by atoms with Crippen LogP contribution in [0.25, 0.3) is 11.4 Å². The van der Waals surface area contributed by atoms with Crippen LogP contribution in [0.4, 0.5) is 0 Å². The molecule has 1 aromatic heterocycles. The molecule has 2 aromatic rings. The van der Waals surface area contributed by atoms with Crippen molar-refractivity contribution in [1.82, 2.24) is 19.4 Å². The van der Waals surface area contributed by atoms with Crippen LogP contribution in [0.3, 0.4) is 0 Å². The molecule has 4 rings (SSSR count). The second-order valence-electron chi connectivity index (χ2n) is 7.51. The van der Waals surface area contributed by atoms with Crippen LogP contribution in [0, 0.1) is 0 Å². The Labute approximate surface area is 155 Å². The van der Waals surface area contributed by atoms with Crippen LogP contribution in [-0.4, -0.2) is 58.5 Å². The highest BCUT2D eigenvalue weighted by Gasteiger charge is 2.28. The van der Waals surface area contributed by atoms with Crippen molar-refractivity contribution in [2.24, 2.45) is 0 Å². The zero-order chi connectivity index (χ0) is 17.9. The van der Waals surface area contributed by atoms with Crippen LogP contribution in [0.1, 0.15) is 41.9 Å². The Morgan fingerprint density at radius 1 is 0.923 bits per heavy atom. The van der Waals surface area contributed by atoms with Gasteiger partial charge in [0.1, 0.15) is 11.5 Å². The summed E-state index contributed by atoms with van der Waals surface area (Å²) in [6.45, 7) is 4.58. The molecule has 5 heteroatoms. The molecular formula is C21H28N4O. The van der Waals surface area contributed by atoms with Crippen LogP contribution >= 0.6 is 0 Å². The molecule has 3 heterocycles. The number of carbonyl (C=O) groups excluding carboxylic acids is 1. The smallest absolute Gasteiger partial charge is 0.274 e. The second kappa shape index (κ2) is 7.62. The lowest BCUT2D eigenvalue weighted by Crippen LogP contribution is -2.35. The van der Waals surface area contributed by atoms with Gasteiger partial charge in [-0.25, -0.2) is 4.98 Å². The molecule has 0 radical (unpaired) electrons. The van der Waals surface area contributed by atoms with E-state index in [2.05, 4.69) is 28.6 Å². The molecule has 1 fully saturated rings. The molecule has 0 unspecified atom stereocenters. The number of aromatic nitrogens is 2. The molecule has 0 atom stereocenters. The van der Waals surface area contributed by atoms with E-state index in [9.17, 15) is 4.79 Å². The van der Waals surface area contributed by atoms with Crippen LogP contribution in [-0.2, 0) is 13.0 Å². The highest BCUT2D eigenvalue weighted by molar-refractivity contribution is 5.94. The first-order valence-electron chi connectivity index (χ1n) is 9.86. The van der Waals surface area contributed by atoms with Crippen molar-refractivity contribution in [3.05, 3.63) is 41.7 Å². The molecule has 1 amide bonds. The summed E-state index contributed by atoms with van der Waals surface area (Å²) in [6.07, 6.45) is 5.50. The molecule has 1 saturated heterocycles. The summed E-state index contributed by atoms with van der Waals surface area (Å²) >= 11 is 0. The number of fused-ring (bicyclic) bond motifs is 1. The molecule has 2 aliphatic heterocycles. The van der Waals surface area contributed by atoms with E-state index in [1.54, 1.807) is 0 Å². The Morgan fingerprint density at radius 2 is 1.77 bits per heavy atom. The normalized spacial score (nSPS) is 18.9. The van der Waals surface area contributed by atoms with Gasteiger partial charge in [-0.15, -0.1) is 0 Å². The van der Waals surface area contributed by atoms with Gasteiger partial charge in [-0.2, -0.15) is 0 Å². The summed E-state index contributed by atoms with van der Waals surface area (Å²) in [4.78, 5) is 22.5. The Bertz CT molecular complexity index is 768. The minimum Gasteiger partial charge on any atom is -0.336 e. The first-order chi connectivity index (χ1) is 12.7. The van der Waals surface area contributed by atoms with Gasteiger partial charge in [0.05, 0.1) is 5.69 Å². The third-order valence-corrected chi connectivity index (χ3v) is 5.61. The molecule has 1 aromatic carbocycles. The maximum atomic E-state index is 13.3. The zero-order valence-corrected chi connectivity index (χ0v) is 15.7. The average Bonchev–Trinajstić information content (AvgIpc) is 2.83. The van der Waals surface area contributed by atoms with Crippen molar-refractivity contribution in [3.8, 4) is 11.4 Å². The quantitative estimate of drug-likeness (QED) is 0.834. The summed E-state index contributed by atoms with van der Waals surface area (Å²) in [5.74, 6) is 1.07. The van der Waals surface area contributed by atoms with Gasteiger partial charge in [0.25, 0.3) is 5.91 Å². The largest absolute Gasteiger partial charge is 0.336 e. The number of benzene rings is 1. The first-order valence-corrected chi connectivity index (χ1v) is 9.86. The molecule has 138 valence electrons. The van der Waals surface area contributed by atoms with Gasteiger partial charge >= 0.3 is 0 Å². The van der Waals surface area contributed by atoms with Crippen LogP contribution < -0.4 is 0 Å². The maximum absolute atomic E-state index is 13.3. The molecule has 0 spiro atoms. The van der Waals surface area contributed by atoms with Crippen molar-refractivity contribution in [2.45, 2.75) is 38.6 Å². The van der Waals surface area contributed by atoms with E-state index in [-0.39, 0.29) is 5.91 Å². The van der Waals surface area contributed by atoms with Gasteiger partial charge in [0.2, 0.25) is 0 Å². The standard InChI is InChI=1S/C21H28N4O/c1-23-12-8-13-24(16-15-23)21(26)19-18-11-6-3-7-14-25(18)20(22-19)17-9-4-2-5-10-17/h2,4-5,9-10H,3,6-8,11-16H2,1H3. The third kappa shape index (κ3) is 3.40. The fraction of sp³-hybridized carbons (Fsp3) is 0.524. The van der Waals surface area contributed by atoms with E-state index in [1.165, 1.54) is 6.42 Å². The number of likely N-dealkylation sites (N-methyl/N-ethyl adjacent to an activating group) is 1. The van der Waals surface area contributed by atoms with Crippen molar-refractivity contribution in [1.29, 1.82) is 0 Å². The summed E-state index contributed by atoms with van der Waals surface area (Å²) in [5.41, 5.74) is 2.93. The maximum Gasteiger partial charge on any atom is 0.274 e.